The Hall–Kier alpha value is -0.930. The average molecular weight is 211 g/mol. The maximum atomic E-state index is 13.1. The third kappa shape index (κ3) is 3.98. The molecule has 0 saturated carbocycles. The summed E-state index contributed by atoms with van der Waals surface area (Å²) in [6.07, 6.45) is 0.719. The average Bonchev–Trinajstić information content (AvgIpc) is 2.16. The van der Waals surface area contributed by atoms with Crippen LogP contribution in [-0.2, 0) is 4.74 Å². The van der Waals surface area contributed by atoms with Crippen molar-refractivity contribution in [3.8, 4) is 0 Å². The van der Waals surface area contributed by atoms with Crippen molar-refractivity contribution in [1.82, 2.24) is 0 Å². The maximum absolute atomic E-state index is 13.1. The fourth-order valence-electron chi connectivity index (χ4n) is 1.50. The number of benzene rings is 1. The Balaban J connectivity index is 2.60. The minimum Gasteiger partial charge on any atom is -0.382 e. The normalized spacial score (nSPS) is 12.8. The molecule has 3 heteroatoms. The molecule has 0 amide bonds. The quantitative estimate of drug-likeness (QED) is 0.760. The molecule has 0 aromatic heterocycles. The molecule has 0 radical (unpaired) electrons. The number of halogens is 1. The number of nitrogens with two attached hydrogens (primary N) is 1. The zero-order valence-electron chi connectivity index (χ0n) is 9.29. The van der Waals surface area contributed by atoms with Crippen molar-refractivity contribution in [1.29, 1.82) is 0 Å². The molecule has 1 aromatic carbocycles. The van der Waals surface area contributed by atoms with Crippen molar-refractivity contribution in [3.05, 3.63) is 35.1 Å². The second kappa shape index (κ2) is 5.83. The van der Waals surface area contributed by atoms with Crippen molar-refractivity contribution in [2.24, 2.45) is 5.73 Å². The molecule has 2 nitrogen and oxygen atoms in total. The van der Waals surface area contributed by atoms with Gasteiger partial charge in [0.15, 0.2) is 0 Å². The topological polar surface area (TPSA) is 35.2 Å². The third-order valence-corrected chi connectivity index (χ3v) is 2.27. The number of rotatable bonds is 5. The molecule has 1 atom stereocenters. The van der Waals surface area contributed by atoms with Crippen LogP contribution in [0, 0.1) is 12.7 Å². The van der Waals surface area contributed by atoms with Crippen molar-refractivity contribution in [2.45, 2.75) is 26.3 Å². The Labute approximate surface area is 90.2 Å². The highest BCUT2D eigenvalue weighted by molar-refractivity contribution is 5.25. The first-order valence-electron chi connectivity index (χ1n) is 5.24. The van der Waals surface area contributed by atoms with Gasteiger partial charge in [-0.1, -0.05) is 6.07 Å². The van der Waals surface area contributed by atoms with Crippen molar-refractivity contribution in [3.63, 3.8) is 0 Å². The standard InChI is InChI=1S/C12H18FNO/c1-3-15-5-4-12(14)10-6-9(2)7-11(13)8-10/h6-8,12H,3-5,14H2,1-2H3. The monoisotopic (exact) mass is 211 g/mol. The molecular formula is C12H18FNO. The summed E-state index contributed by atoms with van der Waals surface area (Å²) in [4.78, 5) is 0. The lowest BCUT2D eigenvalue weighted by Crippen LogP contribution is -2.13. The molecule has 0 saturated heterocycles. The predicted octanol–water partition coefficient (Wildman–Crippen LogP) is 2.56. The molecule has 1 unspecified atom stereocenters. The van der Waals surface area contributed by atoms with Gasteiger partial charge in [0.1, 0.15) is 5.82 Å². The first kappa shape index (κ1) is 12.1. The van der Waals surface area contributed by atoms with Gasteiger partial charge in [0.25, 0.3) is 0 Å². The van der Waals surface area contributed by atoms with Gasteiger partial charge in [0, 0.05) is 19.3 Å². The number of ether oxygens (including phenoxy) is 1. The van der Waals surface area contributed by atoms with E-state index in [4.69, 9.17) is 10.5 Å². The van der Waals surface area contributed by atoms with E-state index in [2.05, 4.69) is 0 Å². The van der Waals surface area contributed by atoms with Crippen LogP contribution in [0.15, 0.2) is 18.2 Å². The Morgan fingerprint density at radius 1 is 1.40 bits per heavy atom. The van der Waals surface area contributed by atoms with E-state index in [-0.39, 0.29) is 11.9 Å². The van der Waals surface area contributed by atoms with Crippen LogP contribution in [0.3, 0.4) is 0 Å². The molecule has 0 bridgehead atoms. The molecule has 15 heavy (non-hydrogen) atoms. The lowest BCUT2D eigenvalue weighted by Gasteiger charge is -2.12. The van der Waals surface area contributed by atoms with Crippen molar-refractivity contribution in [2.75, 3.05) is 13.2 Å². The van der Waals surface area contributed by atoms with E-state index in [0.29, 0.717) is 13.2 Å². The molecule has 0 fully saturated rings. The molecule has 0 aliphatic carbocycles. The lowest BCUT2D eigenvalue weighted by molar-refractivity contribution is 0.140. The van der Waals surface area contributed by atoms with Crippen LogP contribution in [0.25, 0.3) is 0 Å². The van der Waals surface area contributed by atoms with Crippen molar-refractivity contribution < 1.29 is 9.13 Å². The van der Waals surface area contributed by atoms with Crippen LogP contribution in [0.2, 0.25) is 0 Å². The lowest BCUT2D eigenvalue weighted by atomic mass is 10.0. The van der Waals surface area contributed by atoms with Gasteiger partial charge in [0.2, 0.25) is 0 Å². The summed E-state index contributed by atoms with van der Waals surface area (Å²) < 4.78 is 18.3. The minimum atomic E-state index is -0.225. The van der Waals surface area contributed by atoms with Crippen molar-refractivity contribution >= 4 is 0 Å². The summed E-state index contributed by atoms with van der Waals surface area (Å²) in [7, 11) is 0. The van der Waals surface area contributed by atoms with Gasteiger partial charge in [-0.3, -0.25) is 0 Å². The predicted molar refractivity (Wildman–Crippen MR) is 59.2 cm³/mol. The molecule has 2 N–H and O–H groups in total. The summed E-state index contributed by atoms with van der Waals surface area (Å²) in [6, 6.07) is 4.76. The first-order chi connectivity index (χ1) is 7.13. The fourth-order valence-corrected chi connectivity index (χ4v) is 1.50. The van der Waals surface area contributed by atoms with Crippen LogP contribution >= 0.6 is 0 Å². The minimum absolute atomic E-state index is 0.147. The highest BCUT2D eigenvalue weighted by Gasteiger charge is 2.07. The van der Waals surface area contributed by atoms with E-state index in [1.807, 2.05) is 19.9 Å². The maximum Gasteiger partial charge on any atom is 0.123 e. The zero-order chi connectivity index (χ0) is 11.3. The van der Waals surface area contributed by atoms with E-state index in [1.165, 1.54) is 12.1 Å². The van der Waals surface area contributed by atoms with Crippen LogP contribution in [0.1, 0.15) is 30.5 Å². The molecule has 1 aromatic rings. The molecule has 0 aliphatic rings. The SMILES string of the molecule is CCOCCC(N)c1cc(C)cc(F)c1. The Morgan fingerprint density at radius 3 is 2.73 bits per heavy atom. The molecule has 0 heterocycles. The van der Waals surface area contributed by atoms with Gasteiger partial charge < -0.3 is 10.5 Å². The second-order valence-corrected chi connectivity index (χ2v) is 3.65. The fraction of sp³-hybridized carbons (Fsp3) is 0.500. The van der Waals surface area contributed by atoms with Gasteiger partial charge in [-0.05, 0) is 43.5 Å². The summed E-state index contributed by atoms with van der Waals surface area (Å²) in [5, 5.41) is 0. The molecule has 84 valence electrons. The second-order valence-electron chi connectivity index (χ2n) is 3.65. The van der Waals surface area contributed by atoms with Crippen LogP contribution < -0.4 is 5.73 Å². The largest absolute Gasteiger partial charge is 0.382 e. The molecular weight excluding hydrogens is 193 g/mol. The Morgan fingerprint density at radius 2 is 2.13 bits per heavy atom. The van der Waals surface area contributed by atoms with Gasteiger partial charge in [-0.2, -0.15) is 0 Å². The number of hydrogen-bond acceptors (Lipinski definition) is 2. The summed E-state index contributed by atoms with van der Waals surface area (Å²) in [5.41, 5.74) is 7.67. The Kier molecular flexibility index (Phi) is 4.72. The van der Waals surface area contributed by atoms with Gasteiger partial charge in [-0.25, -0.2) is 4.39 Å². The Bertz CT molecular complexity index is 294. The number of aryl methyl sites for hydroxylation is 1. The van der Waals surface area contributed by atoms with E-state index in [9.17, 15) is 4.39 Å². The van der Waals surface area contributed by atoms with Crippen LogP contribution in [0.5, 0.6) is 0 Å². The van der Waals surface area contributed by atoms with Crippen LogP contribution in [-0.4, -0.2) is 13.2 Å². The molecule has 1 rings (SSSR count). The third-order valence-electron chi connectivity index (χ3n) is 2.27. The van der Waals surface area contributed by atoms with E-state index in [1.54, 1.807) is 0 Å². The van der Waals surface area contributed by atoms with Gasteiger partial charge >= 0.3 is 0 Å². The molecule has 0 spiro atoms. The number of hydrogen-bond donors (Lipinski definition) is 1. The smallest absolute Gasteiger partial charge is 0.123 e. The highest BCUT2D eigenvalue weighted by atomic mass is 19.1. The molecule has 0 aliphatic heterocycles. The van der Waals surface area contributed by atoms with E-state index >= 15 is 0 Å². The van der Waals surface area contributed by atoms with Crippen LogP contribution in [0.4, 0.5) is 4.39 Å². The summed E-state index contributed by atoms with van der Waals surface area (Å²) in [5.74, 6) is -0.225. The summed E-state index contributed by atoms with van der Waals surface area (Å²) >= 11 is 0. The first-order valence-corrected chi connectivity index (χ1v) is 5.24. The summed E-state index contributed by atoms with van der Waals surface area (Å²) in [6.45, 7) is 5.11. The van der Waals surface area contributed by atoms with E-state index in [0.717, 1.165) is 17.5 Å². The zero-order valence-corrected chi connectivity index (χ0v) is 9.29. The van der Waals surface area contributed by atoms with Gasteiger partial charge in [0.05, 0.1) is 0 Å². The van der Waals surface area contributed by atoms with Gasteiger partial charge in [-0.15, -0.1) is 0 Å². The highest BCUT2D eigenvalue weighted by Crippen LogP contribution is 2.17. The van der Waals surface area contributed by atoms with E-state index < -0.39 is 0 Å².